The lowest BCUT2D eigenvalue weighted by molar-refractivity contribution is -0.131. The van der Waals surface area contributed by atoms with Gasteiger partial charge in [-0.05, 0) is 48.7 Å². The van der Waals surface area contributed by atoms with Gasteiger partial charge in [-0.15, -0.1) is 12.6 Å². The van der Waals surface area contributed by atoms with Crippen molar-refractivity contribution in [2.75, 3.05) is 0 Å². The Balaban J connectivity index is 2.25. The molecule has 2 aromatic carbocycles. The summed E-state index contributed by atoms with van der Waals surface area (Å²) >= 11 is 4.31. The minimum absolute atomic E-state index is 0.329. The van der Waals surface area contributed by atoms with Crippen molar-refractivity contribution in [3.63, 3.8) is 0 Å². The van der Waals surface area contributed by atoms with Gasteiger partial charge in [0, 0.05) is 17.4 Å². The molecule has 0 saturated carbocycles. The van der Waals surface area contributed by atoms with Crippen LogP contribution in [-0.2, 0) is 17.8 Å². The largest absolute Gasteiger partial charge is 0.488 e. The van der Waals surface area contributed by atoms with Crippen LogP contribution in [0.2, 0.25) is 0 Å². The quantitative estimate of drug-likeness (QED) is 0.506. The Bertz CT molecular complexity index is 680. The number of carbonyl (C=O) groups excluding carboxylic acids is 1. The van der Waals surface area contributed by atoms with E-state index in [1.54, 1.807) is 6.07 Å². The van der Waals surface area contributed by atoms with Gasteiger partial charge in [0.1, 0.15) is 18.1 Å². The van der Waals surface area contributed by atoms with Crippen LogP contribution in [0.5, 0.6) is 11.5 Å². The molecule has 0 N–H and O–H groups in total. The molecule has 0 saturated heterocycles. The van der Waals surface area contributed by atoms with Crippen molar-refractivity contribution < 1.29 is 14.3 Å². The number of rotatable bonds is 5. The van der Waals surface area contributed by atoms with Crippen LogP contribution < -0.4 is 9.47 Å². The van der Waals surface area contributed by atoms with Gasteiger partial charge in [0.05, 0.1) is 0 Å². The normalized spacial score (nSPS) is 10.4. The molecule has 4 heteroatoms. The fourth-order valence-electron chi connectivity index (χ4n) is 2.30. The third-order valence-electron chi connectivity index (χ3n) is 3.40. The van der Waals surface area contributed by atoms with Gasteiger partial charge in [-0.25, -0.2) is 0 Å². The van der Waals surface area contributed by atoms with E-state index in [0.29, 0.717) is 12.4 Å². The number of esters is 1. The van der Waals surface area contributed by atoms with Gasteiger partial charge < -0.3 is 9.47 Å². The summed E-state index contributed by atoms with van der Waals surface area (Å²) in [7, 11) is 0. The predicted molar refractivity (Wildman–Crippen MR) is 89.9 cm³/mol. The second kappa shape index (κ2) is 7.36. The van der Waals surface area contributed by atoms with Gasteiger partial charge in [-0.2, -0.15) is 0 Å². The molecule has 0 amide bonds. The van der Waals surface area contributed by atoms with Crippen LogP contribution in [0.1, 0.15) is 30.5 Å². The van der Waals surface area contributed by atoms with Gasteiger partial charge in [0.25, 0.3) is 0 Å². The zero-order chi connectivity index (χ0) is 16.1. The molecule has 3 nitrogen and oxygen atoms in total. The smallest absolute Gasteiger partial charge is 0.308 e. The molecular formula is C18H20O3S. The minimum atomic E-state index is -0.329. The molecule has 0 spiro atoms. The summed E-state index contributed by atoms with van der Waals surface area (Å²) in [6.07, 6.45) is 0.850. The highest BCUT2D eigenvalue weighted by atomic mass is 32.1. The van der Waals surface area contributed by atoms with Crippen LogP contribution in [0.15, 0.2) is 41.3 Å². The van der Waals surface area contributed by atoms with Crippen molar-refractivity contribution in [2.24, 2.45) is 0 Å². The first kappa shape index (κ1) is 16.4. The van der Waals surface area contributed by atoms with E-state index in [-0.39, 0.29) is 5.97 Å². The minimum Gasteiger partial charge on any atom is -0.488 e. The van der Waals surface area contributed by atoms with E-state index in [0.717, 1.165) is 33.8 Å². The Kier molecular flexibility index (Phi) is 5.50. The second-order valence-corrected chi connectivity index (χ2v) is 5.60. The zero-order valence-corrected chi connectivity index (χ0v) is 13.9. The fraction of sp³-hybridized carbons (Fsp3) is 0.278. The maximum Gasteiger partial charge on any atom is 0.308 e. The van der Waals surface area contributed by atoms with E-state index in [4.69, 9.17) is 9.47 Å². The van der Waals surface area contributed by atoms with Crippen LogP contribution in [0.3, 0.4) is 0 Å². The maximum absolute atomic E-state index is 11.3. The van der Waals surface area contributed by atoms with Crippen LogP contribution >= 0.6 is 12.6 Å². The summed E-state index contributed by atoms with van der Waals surface area (Å²) < 4.78 is 11.2. The molecule has 2 aromatic rings. The molecule has 0 bridgehead atoms. The molecule has 0 radical (unpaired) electrons. The lowest BCUT2D eigenvalue weighted by Crippen LogP contribution is -2.08. The number of ether oxygens (including phenoxy) is 2. The first-order chi connectivity index (χ1) is 10.5. The molecule has 116 valence electrons. The standard InChI is InChI=1S/C18H20O3S/c1-4-14-6-5-7-18(21-13(3)19)16(14)11-20-17-9-8-15(22)10-12(17)2/h5-10,22H,4,11H2,1-3H3. The van der Waals surface area contributed by atoms with Gasteiger partial charge in [-0.3, -0.25) is 4.79 Å². The number of carbonyl (C=O) groups is 1. The monoisotopic (exact) mass is 316 g/mol. The van der Waals surface area contributed by atoms with E-state index < -0.39 is 0 Å². The Morgan fingerprint density at radius 1 is 1.18 bits per heavy atom. The van der Waals surface area contributed by atoms with Crippen molar-refractivity contribution in [1.29, 1.82) is 0 Å². The number of thiol groups is 1. The molecule has 0 heterocycles. The lowest BCUT2D eigenvalue weighted by atomic mass is 10.0. The van der Waals surface area contributed by atoms with Crippen LogP contribution in [0.4, 0.5) is 0 Å². The van der Waals surface area contributed by atoms with Crippen molar-refractivity contribution in [3.8, 4) is 11.5 Å². The average Bonchev–Trinajstić information content (AvgIpc) is 2.46. The summed E-state index contributed by atoms with van der Waals surface area (Å²) in [5, 5.41) is 0. The first-order valence-electron chi connectivity index (χ1n) is 7.23. The predicted octanol–water partition coefficient (Wildman–Crippen LogP) is 4.35. The van der Waals surface area contributed by atoms with Gasteiger partial charge in [0.15, 0.2) is 0 Å². The Morgan fingerprint density at radius 2 is 1.95 bits per heavy atom. The molecular weight excluding hydrogens is 296 g/mol. The highest BCUT2D eigenvalue weighted by molar-refractivity contribution is 7.80. The van der Waals surface area contributed by atoms with Gasteiger partial charge in [0.2, 0.25) is 0 Å². The summed E-state index contributed by atoms with van der Waals surface area (Å²) in [6, 6.07) is 11.5. The van der Waals surface area contributed by atoms with Crippen molar-refractivity contribution in [1.82, 2.24) is 0 Å². The van der Waals surface area contributed by atoms with Crippen LogP contribution in [-0.4, -0.2) is 5.97 Å². The van der Waals surface area contributed by atoms with Crippen LogP contribution in [0, 0.1) is 6.92 Å². The topological polar surface area (TPSA) is 35.5 Å². The maximum atomic E-state index is 11.3. The Morgan fingerprint density at radius 3 is 2.59 bits per heavy atom. The third kappa shape index (κ3) is 4.04. The fourth-order valence-corrected chi connectivity index (χ4v) is 2.57. The van der Waals surface area contributed by atoms with E-state index in [1.807, 2.05) is 37.3 Å². The number of benzene rings is 2. The highest BCUT2D eigenvalue weighted by Gasteiger charge is 2.12. The summed E-state index contributed by atoms with van der Waals surface area (Å²) in [5.41, 5.74) is 3.05. The van der Waals surface area contributed by atoms with E-state index >= 15 is 0 Å². The number of aryl methyl sites for hydroxylation is 2. The van der Waals surface area contributed by atoms with Crippen molar-refractivity contribution in [3.05, 3.63) is 53.1 Å². The van der Waals surface area contributed by atoms with Gasteiger partial charge in [-0.1, -0.05) is 19.1 Å². The molecule has 0 fully saturated rings. The Hall–Kier alpha value is -1.94. The van der Waals surface area contributed by atoms with Crippen LogP contribution in [0.25, 0.3) is 0 Å². The molecule has 0 aliphatic heterocycles. The number of hydrogen-bond acceptors (Lipinski definition) is 4. The summed E-state index contributed by atoms with van der Waals surface area (Å²) in [6.45, 7) is 5.81. The summed E-state index contributed by atoms with van der Waals surface area (Å²) in [4.78, 5) is 12.2. The number of hydrogen-bond donors (Lipinski definition) is 1. The average molecular weight is 316 g/mol. The van der Waals surface area contributed by atoms with Crippen molar-refractivity contribution >= 4 is 18.6 Å². The molecule has 2 rings (SSSR count). The van der Waals surface area contributed by atoms with Crippen molar-refractivity contribution in [2.45, 2.75) is 38.7 Å². The van der Waals surface area contributed by atoms with E-state index in [9.17, 15) is 4.79 Å². The van der Waals surface area contributed by atoms with E-state index in [1.165, 1.54) is 6.92 Å². The van der Waals surface area contributed by atoms with E-state index in [2.05, 4.69) is 19.6 Å². The molecule has 0 unspecified atom stereocenters. The summed E-state index contributed by atoms with van der Waals surface area (Å²) in [5.74, 6) is 1.04. The SMILES string of the molecule is CCc1cccc(OC(C)=O)c1COc1ccc(S)cc1C. The third-order valence-corrected chi connectivity index (χ3v) is 3.67. The first-order valence-corrected chi connectivity index (χ1v) is 7.67. The lowest BCUT2D eigenvalue weighted by Gasteiger charge is -2.15. The molecule has 0 aliphatic rings. The molecule has 0 aromatic heterocycles. The molecule has 0 aliphatic carbocycles. The zero-order valence-electron chi connectivity index (χ0n) is 13.1. The highest BCUT2D eigenvalue weighted by Crippen LogP contribution is 2.27. The molecule has 22 heavy (non-hydrogen) atoms. The second-order valence-electron chi connectivity index (χ2n) is 5.08. The van der Waals surface area contributed by atoms with Gasteiger partial charge >= 0.3 is 5.97 Å². The molecule has 0 atom stereocenters. The Labute approximate surface area is 136 Å².